The lowest BCUT2D eigenvalue weighted by atomic mass is 9.96. The second-order valence-corrected chi connectivity index (χ2v) is 6.06. The number of amides is 1. The molecule has 0 aliphatic heterocycles. The SMILES string of the molecule is COc1ccc(C(=O)N[C@@H](C)c2cc(C)c(C)cc2C)cc1OC. The summed E-state index contributed by atoms with van der Waals surface area (Å²) in [6.45, 7) is 8.25. The molecule has 128 valence electrons. The van der Waals surface area contributed by atoms with Crippen molar-refractivity contribution in [2.45, 2.75) is 33.7 Å². The van der Waals surface area contributed by atoms with Crippen LogP contribution in [-0.4, -0.2) is 20.1 Å². The molecule has 24 heavy (non-hydrogen) atoms. The average molecular weight is 327 g/mol. The van der Waals surface area contributed by atoms with Gasteiger partial charge in [-0.3, -0.25) is 4.79 Å². The normalized spacial score (nSPS) is 11.8. The van der Waals surface area contributed by atoms with E-state index in [2.05, 4.69) is 38.2 Å². The van der Waals surface area contributed by atoms with Gasteiger partial charge in [0.15, 0.2) is 11.5 Å². The van der Waals surface area contributed by atoms with Crippen LogP contribution in [0.25, 0.3) is 0 Å². The number of ether oxygens (including phenoxy) is 2. The zero-order valence-electron chi connectivity index (χ0n) is 15.2. The fourth-order valence-corrected chi connectivity index (χ4v) is 2.78. The molecule has 2 rings (SSSR count). The van der Waals surface area contributed by atoms with Crippen molar-refractivity contribution in [1.29, 1.82) is 0 Å². The summed E-state index contributed by atoms with van der Waals surface area (Å²) >= 11 is 0. The fourth-order valence-electron chi connectivity index (χ4n) is 2.78. The molecule has 0 spiro atoms. The molecule has 0 radical (unpaired) electrons. The molecule has 0 bridgehead atoms. The van der Waals surface area contributed by atoms with E-state index in [4.69, 9.17) is 9.47 Å². The van der Waals surface area contributed by atoms with Gasteiger partial charge in [0.25, 0.3) is 5.91 Å². The topological polar surface area (TPSA) is 47.6 Å². The van der Waals surface area contributed by atoms with Crippen LogP contribution in [0.3, 0.4) is 0 Å². The maximum atomic E-state index is 12.6. The van der Waals surface area contributed by atoms with Crippen LogP contribution in [0.2, 0.25) is 0 Å². The quantitative estimate of drug-likeness (QED) is 0.898. The van der Waals surface area contributed by atoms with E-state index in [9.17, 15) is 4.79 Å². The molecule has 0 saturated carbocycles. The number of methoxy groups -OCH3 is 2. The summed E-state index contributed by atoms with van der Waals surface area (Å²) in [5.41, 5.74) is 5.34. The van der Waals surface area contributed by atoms with Gasteiger partial charge >= 0.3 is 0 Å². The lowest BCUT2D eigenvalue weighted by molar-refractivity contribution is 0.0939. The van der Waals surface area contributed by atoms with Gasteiger partial charge in [0.2, 0.25) is 0 Å². The third-order valence-electron chi connectivity index (χ3n) is 4.34. The predicted octanol–water partition coefficient (Wildman–Crippen LogP) is 4.12. The van der Waals surface area contributed by atoms with Crippen molar-refractivity contribution >= 4 is 5.91 Å². The van der Waals surface area contributed by atoms with Crippen LogP contribution >= 0.6 is 0 Å². The average Bonchev–Trinajstić information content (AvgIpc) is 2.57. The summed E-state index contributed by atoms with van der Waals surface area (Å²) in [7, 11) is 3.13. The van der Waals surface area contributed by atoms with E-state index < -0.39 is 0 Å². The number of benzene rings is 2. The van der Waals surface area contributed by atoms with E-state index in [1.807, 2.05) is 6.92 Å². The molecule has 4 nitrogen and oxygen atoms in total. The Kier molecular flexibility index (Phi) is 5.50. The minimum Gasteiger partial charge on any atom is -0.493 e. The summed E-state index contributed by atoms with van der Waals surface area (Å²) < 4.78 is 10.5. The molecule has 1 amide bonds. The number of carbonyl (C=O) groups is 1. The molecule has 0 heterocycles. The van der Waals surface area contributed by atoms with E-state index in [1.54, 1.807) is 32.4 Å². The molecule has 4 heteroatoms. The predicted molar refractivity (Wildman–Crippen MR) is 96.1 cm³/mol. The Morgan fingerprint density at radius 2 is 1.54 bits per heavy atom. The number of hydrogen-bond acceptors (Lipinski definition) is 3. The largest absolute Gasteiger partial charge is 0.493 e. The third-order valence-corrected chi connectivity index (χ3v) is 4.34. The van der Waals surface area contributed by atoms with Crippen LogP contribution in [0.1, 0.15) is 45.6 Å². The van der Waals surface area contributed by atoms with Crippen molar-refractivity contribution < 1.29 is 14.3 Å². The molecular weight excluding hydrogens is 302 g/mol. The van der Waals surface area contributed by atoms with Crippen LogP contribution in [0, 0.1) is 20.8 Å². The third kappa shape index (κ3) is 3.70. The van der Waals surface area contributed by atoms with Crippen LogP contribution in [0.4, 0.5) is 0 Å². The Balaban J connectivity index is 2.22. The Morgan fingerprint density at radius 3 is 2.17 bits per heavy atom. The number of nitrogens with one attached hydrogen (secondary N) is 1. The summed E-state index contributed by atoms with van der Waals surface area (Å²) in [5.74, 6) is 1.01. The molecule has 0 unspecified atom stereocenters. The second kappa shape index (κ2) is 7.39. The standard InChI is InChI=1S/C20H25NO3/c1-12-9-14(3)17(10-13(12)2)15(4)21-20(22)16-7-8-18(23-5)19(11-16)24-6/h7-11,15H,1-6H3,(H,21,22)/t15-/m0/s1. The van der Waals surface area contributed by atoms with Crippen LogP contribution in [0.5, 0.6) is 11.5 Å². The van der Waals surface area contributed by atoms with Gasteiger partial charge < -0.3 is 14.8 Å². The van der Waals surface area contributed by atoms with Gasteiger partial charge in [0.1, 0.15) is 0 Å². The van der Waals surface area contributed by atoms with E-state index in [-0.39, 0.29) is 11.9 Å². The number of aryl methyl sites for hydroxylation is 3. The first-order chi connectivity index (χ1) is 11.4. The summed E-state index contributed by atoms with van der Waals surface area (Å²) in [4.78, 5) is 12.6. The first-order valence-corrected chi connectivity index (χ1v) is 7.98. The number of carbonyl (C=O) groups excluding carboxylic acids is 1. The van der Waals surface area contributed by atoms with Crippen LogP contribution in [0.15, 0.2) is 30.3 Å². The maximum absolute atomic E-state index is 12.6. The Hall–Kier alpha value is -2.49. The lowest BCUT2D eigenvalue weighted by Crippen LogP contribution is -2.27. The van der Waals surface area contributed by atoms with Crippen LogP contribution in [-0.2, 0) is 0 Å². The van der Waals surface area contributed by atoms with Crippen molar-refractivity contribution in [2.75, 3.05) is 14.2 Å². The van der Waals surface area contributed by atoms with Gasteiger partial charge in [0.05, 0.1) is 20.3 Å². The molecule has 0 aliphatic rings. The zero-order chi connectivity index (χ0) is 17.9. The molecule has 0 aromatic heterocycles. The van der Waals surface area contributed by atoms with E-state index >= 15 is 0 Å². The molecule has 2 aromatic rings. The van der Waals surface area contributed by atoms with Gasteiger partial charge in [-0.05, 0) is 68.1 Å². The van der Waals surface area contributed by atoms with Gasteiger partial charge in [-0.2, -0.15) is 0 Å². The molecule has 1 N–H and O–H groups in total. The highest BCUT2D eigenvalue weighted by Gasteiger charge is 2.16. The van der Waals surface area contributed by atoms with Crippen molar-refractivity contribution in [3.63, 3.8) is 0 Å². The second-order valence-electron chi connectivity index (χ2n) is 6.06. The van der Waals surface area contributed by atoms with Crippen molar-refractivity contribution in [2.24, 2.45) is 0 Å². The minimum absolute atomic E-state index is 0.0788. The Morgan fingerprint density at radius 1 is 0.917 bits per heavy atom. The molecule has 0 saturated heterocycles. The van der Waals surface area contributed by atoms with Crippen molar-refractivity contribution in [3.8, 4) is 11.5 Å². The highest BCUT2D eigenvalue weighted by molar-refractivity contribution is 5.95. The Labute approximate surface area is 143 Å². The molecule has 0 aliphatic carbocycles. The van der Waals surface area contributed by atoms with E-state index in [0.29, 0.717) is 17.1 Å². The van der Waals surface area contributed by atoms with Gasteiger partial charge in [-0.25, -0.2) is 0 Å². The van der Waals surface area contributed by atoms with Gasteiger partial charge in [0, 0.05) is 5.56 Å². The highest BCUT2D eigenvalue weighted by atomic mass is 16.5. The fraction of sp³-hybridized carbons (Fsp3) is 0.350. The first kappa shape index (κ1) is 17.9. The maximum Gasteiger partial charge on any atom is 0.251 e. The van der Waals surface area contributed by atoms with Gasteiger partial charge in [-0.1, -0.05) is 12.1 Å². The van der Waals surface area contributed by atoms with Gasteiger partial charge in [-0.15, -0.1) is 0 Å². The zero-order valence-corrected chi connectivity index (χ0v) is 15.2. The van der Waals surface area contributed by atoms with Crippen molar-refractivity contribution in [3.05, 3.63) is 58.1 Å². The summed E-state index contributed by atoms with van der Waals surface area (Å²) in [6, 6.07) is 9.38. The monoisotopic (exact) mass is 327 g/mol. The highest BCUT2D eigenvalue weighted by Crippen LogP contribution is 2.28. The Bertz CT molecular complexity index is 753. The summed E-state index contributed by atoms with van der Waals surface area (Å²) in [5, 5.41) is 3.05. The lowest BCUT2D eigenvalue weighted by Gasteiger charge is -2.19. The molecular formula is C20H25NO3. The molecule has 2 aromatic carbocycles. The molecule has 1 atom stereocenters. The number of hydrogen-bond donors (Lipinski definition) is 1. The van der Waals surface area contributed by atoms with Crippen molar-refractivity contribution in [1.82, 2.24) is 5.32 Å². The van der Waals surface area contributed by atoms with E-state index in [1.165, 1.54) is 16.7 Å². The van der Waals surface area contributed by atoms with E-state index in [0.717, 1.165) is 5.56 Å². The molecule has 0 fully saturated rings. The summed E-state index contributed by atoms with van der Waals surface area (Å²) in [6.07, 6.45) is 0. The van der Waals surface area contributed by atoms with Crippen LogP contribution < -0.4 is 14.8 Å². The smallest absolute Gasteiger partial charge is 0.251 e. The first-order valence-electron chi connectivity index (χ1n) is 7.98. The minimum atomic E-state index is -0.138. The number of rotatable bonds is 5.